The van der Waals surface area contributed by atoms with Crippen molar-refractivity contribution in [3.63, 3.8) is 0 Å². The molecule has 0 fully saturated rings. The third kappa shape index (κ3) is 2.34. The lowest BCUT2D eigenvalue weighted by molar-refractivity contribution is 0.414. The zero-order valence-corrected chi connectivity index (χ0v) is 10.1. The van der Waals surface area contributed by atoms with Gasteiger partial charge in [-0.2, -0.15) is 0 Å². The van der Waals surface area contributed by atoms with Gasteiger partial charge in [0.25, 0.3) is 0 Å². The summed E-state index contributed by atoms with van der Waals surface area (Å²) in [7, 11) is 1.65. The summed E-state index contributed by atoms with van der Waals surface area (Å²) in [4.78, 5) is 0. The summed E-state index contributed by atoms with van der Waals surface area (Å²) in [6, 6.07) is 9.57. The fraction of sp³-hybridized carbons (Fsp3) is 0.286. The van der Waals surface area contributed by atoms with Gasteiger partial charge >= 0.3 is 0 Å². The van der Waals surface area contributed by atoms with E-state index in [4.69, 9.17) is 14.9 Å². The first-order valence-electron chi connectivity index (χ1n) is 5.72. The molecule has 1 atom stereocenters. The Labute approximate surface area is 101 Å². The summed E-state index contributed by atoms with van der Waals surface area (Å²) in [5.74, 6) is 1.76. The van der Waals surface area contributed by atoms with E-state index in [1.165, 1.54) is 0 Å². The molecule has 0 saturated heterocycles. The minimum Gasteiger partial charge on any atom is -0.497 e. The topological polar surface area (TPSA) is 48.4 Å². The Morgan fingerprint density at radius 3 is 2.88 bits per heavy atom. The van der Waals surface area contributed by atoms with Crippen molar-refractivity contribution in [2.75, 3.05) is 7.11 Å². The molecule has 3 nitrogen and oxygen atoms in total. The average molecular weight is 231 g/mol. The Morgan fingerprint density at radius 1 is 1.35 bits per heavy atom. The van der Waals surface area contributed by atoms with Crippen LogP contribution in [0, 0.1) is 0 Å². The molecule has 1 aromatic heterocycles. The van der Waals surface area contributed by atoms with Crippen LogP contribution in [0.25, 0.3) is 0 Å². The number of aryl methyl sites for hydroxylation is 1. The largest absolute Gasteiger partial charge is 0.497 e. The van der Waals surface area contributed by atoms with Crippen molar-refractivity contribution in [2.45, 2.75) is 19.4 Å². The SMILES string of the molecule is CCc1occc1C(N)c1cccc(OC)c1. The fourth-order valence-electron chi connectivity index (χ4n) is 1.93. The van der Waals surface area contributed by atoms with Gasteiger partial charge in [-0.05, 0) is 23.8 Å². The molecular weight excluding hydrogens is 214 g/mol. The monoisotopic (exact) mass is 231 g/mol. The molecule has 0 amide bonds. The van der Waals surface area contributed by atoms with Gasteiger partial charge in [0, 0.05) is 12.0 Å². The molecule has 1 aromatic carbocycles. The normalized spacial score (nSPS) is 12.4. The minimum absolute atomic E-state index is 0.168. The number of nitrogens with two attached hydrogens (primary N) is 1. The van der Waals surface area contributed by atoms with Gasteiger partial charge in [-0.1, -0.05) is 19.1 Å². The maximum atomic E-state index is 6.25. The van der Waals surface area contributed by atoms with Crippen LogP contribution in [-0.4, -0.2) is 7.11 Å². The first-order chi connectivity index (χ1) is 8.26. The molecule has 2 N–H and O–H groups in total. The molecule has 3 heteroatoms. The first kappa shape index (κ1) is 11.7. The van der Waals surface area contributed by atoms with Gasteiger partial charge in [0.1, 0.15) is 11.5 Å². The molecule has 0 aliphatic rings. The maximum absolute atomic E-state index is 6.25. The molecule has 17 heavy (non-hydrogen) atoms. The highest BCUT2D eigenvalue weighted by Gasteiger charge is 2.15. The minimum atomic E-state index is -0.168. The van der Waals surface area contributed by atoms with Gasteiger partial charge in [0.15, 0.2) is 0 Å². The van der Waals surface area contributed by atoms with E-state index in [9.17, 15) is 0 Å². The highest BCUT2D eigenvalue weighted by molar-refractivity contribution is 5.37. The number of hydrogen-bond acceptors (Lipinski definition) is 3. The van der Waals surface area contributed by atoms with Crippen molar-refractivity contribution >= 4 is 0 Å². The third-order valence-corrected chi connectivity index (χ3v) is 2.89. The average Bonchev–Trinajstić information content (AvgIpc) is 2.86. The zero-order chi connectivity index (χ0) is 12.3. The smallest absolute Gasteiger partial charge is 0.119 e. The first-order valence-corrected chi connectivity index (χ1v) is 5.72. The van der Waals surface area contributed by atoms with Crippen molar-refractivity contribution in [1.29, 1.82) is 0 Å². The number of ether oxygens (including phenoxy) is 1. The number of rotatable bonds is 4. The Hall–Kier alpha value is -1.74. The van der Waals surface area contributed by atoms with E-state index >= 15 is 0 Å². The predicted octanol–water partition coefficient (Wildman–Crippen LogP) is 2.90. The summed E-state index contributed by atoms with van der Waals surface area (Å²) < 4.78 is 10.6. The van der Waals surface area contributed by atoms with Crippen molar-refractivity contribution in [2.24, 2.45) is 5.73 Å². The van der Waals surface area contributed by atoms with E-state index in [0.29, 0.717) is 0 Å². The molecule has 1 unspecified atom stereocenters. The van der Waals surface area contributed by atoms with Gasteiger partial charge in [-0.3, -0.25) is 0 Å². The molecular formula is C14H17NO2. The van der Waals surface area contributed by atoms with E-state index in [0.717, 1.165) is 29.1 Å². The van der Waals surface area contributed by atoms with Gasteiger partial charge < -0.3 is 14.9 Å². The quantitative estimate of drug-likeness (QED) is 0.880. The lowest BCUT2D eigenvalue weighted by atomic mass is 9.99. The van der Waals surface area contributed by atoms with E-state index < -0.39 is 0 Å². The Morgan fingerprint density at radius 2 is 2.18 bits per heavy atom. The molecule has 0 radical (unpaired) electrons. The Balaban J connectivity index is 2.33. The number of furan rings is 1. The second-order valence-corrected chi connectivity index (χ2v) is 3.91. The predicted molar refractivity (Wildman–Crippen MR) is 67.1 cm³/mol. The van der Waals surface area contributed by atoms with E-state index in [1.807, 2.05) is 30.3 Å². The second-order valence-electron chi connectivity index (χ2n) is 3.91. The Bertz CT molecular complexity index is 490. The molecule has 0 saturated carbocycles. The summed E-state index contributed by atoms with van der Waals surface area (Å²) >= 11 is 0. The van der Waals surface area contributed by atoms with Gasteiger partial charge in [-0.25, -0.2) is 0 Å². The molecule has 0 aliphatic heterocycles. The van der Waals surface area contributed by atoms with Crippen LogP contribution in [0.1, 0.15) is 29.9 Å². The van der Waals surface area contributed by atoms with Crippen molar-refractivity contribution in [1.82, 2.24) is 0 Å². The zero-order valence-electron chi connectivity index (χ0n) is 10.1. The fourth-order valence-corrected chi connectivity index (χ4v) is 1.93. The highest BCUT2D eigenvalue weighted by Crippen LogP contribution is 2.26. The second kappa shape index (κ2) is 5.06. The number of benzene rings is 1. The van der Waals surface area contributed by atoms with Crippen LogP contribution in [0.5, 0.6) is 5.75 Å². The van der Waals surface area contributed by atoms with Gasteiger partial charge in [0.2, 0.25) is 0 Å². The summed E-state index contributed by atoms with van der Waals surface area (Å²) in [6.07, 6.45) is 2.54. The maximum Gasteiger partial charge on any atom is 0.119 e. The molecule has 90 valence electrons. The Kier molecular flexibility index (Phi) is 3.49. The van der Waals surface area contributed by atoms with E-state index in [2.05, 4.69) is 6.92 Å². The summed E-state index contributed by atoms with van der Waals surface area (Å²) in [5.41, 5.74) is 8.32. The van der Waals surface area contributed by atoms with Crippen LogP contribution in [0.2, 0.25) is 0 Å². The van der Waals surface area contributed by atoms with Crippen LogP contribution < -0.4 is 10.5 Å². The van der Waals surface area contributed by atoms with Crippen LogP contribution in [0.3, 0.4) is 0 Å². The molecule has 0 aliphatic carbocycles. The summed E-state index contributed by atoms with van der Waals surface area (Å²) in [6.45, 7) is 2.06. The number of hydrogen-bond donors (Lipinski definition) is 1. The molecule has 0 spiro atoms. The molecule has 1 heterocycles. The van der Waals surface area contributed by atoms with Gasteiger partial charge in [0.05, 0.1) is 19.4 Å². The van der Waals surface area contributed by atoms with Crippen molar-refractivity contribution in [3.05, 3.63) is 53.5 Å². The van der Waals surface area contributed by atoms with Crippen LogP contribution in [0.15, 0.2) is 41.0 Å². The molecule has 0 bridgehead atoms. The standard InChI is InChI=1S/C14H17NO2/c1-3-13-12(7-8-17-13)14(15)10-5-4-6-11(9-10)16-2/h4-9,14H,3,15H2,1-2H3. The van der Waals surface area contributed by atoms with E-state index in [-0.39, 0.29) is 6.04 Å². The van der Waals surface area contributed by atoms with Gasteiger partial charge in [-0.15, -0.1) is 0 Å². The van der Waals surface area contributed by atoms with Crippen LogP contribution >= 0.6 is 0 Å². The van der Waals surface area contributed by atoms with Crippen LogP contribution in [-0.2, 0) is 6.42 Å². The highest BCUT2D eigenvalue weighted by atomic mass is 16.5. The van der Waals surface area contributed by atoms with E-state index in [1.54, 1.807) is 13.4 Å². The van der Waals surface area contributed by atoms with Crippen molar-refractivity contribution < 1.29 is 9.15 Å². The summed E-state index contributed by atoms with van der Waals surface area (Å²) in [5, 5.41) is 0. The lowest BCUT2D eigenvalue weighted by Crippen LogP contribution is -2.12. The third-order valence-electron chi connectivity index (χ3n) is 2.89. The van der Waals surface area contributed by atoms with Crippen molar-refractivity contribution in [3.8, 4) is 5.75 Å². The molecule has 2 aromatic rings. The van der Waals surface area contributed by atoms with Crippen LogP contribution in [0.4, 0.5) is 0 Å². The number of methoxy groups -OCH3 is 1. The lowest BCUT2D eigenvalue weighted by Gasteiger charge is -2.13. The molecule has 2 rings (SSSR count).